The van der Waals surface area contributed by atoms with Gasteiger partial charge in [0.05, 0.1) is 6.33 Å². The molecule has 0 bridgehead atoms. The minimum atomic E-state index is -1.28. The average molecular weight is 344 g/mol. The quantitative estimate of drug-likeness (QED) is 0.483. The van der Waals surface area contributed by atoms with Crippen LogP contribution >= 0.6 is 11.6 Å². The second kappa shape index (κ2) is 5.89. The Balaban J connectivity index is 1.91. The third-order valence-corrected chi connectivity index (χ3v) is 3.65. The number of esters is 1. The molecule has 0 aliphatic carbocycles. The van der Waals surface area contributed by atoms with E-state index in [2.05, 4.69) is 15.0 Å². The number of carbonyl (C=O) groups is 1. The first kappa shape index (κ1) is 15.9. The number of nitrogens with zero attached hydrogens (tertiary/aromatic N) is 4. The van der Waals surface area contributed by atoms with E-state index in [0.29, 0.717) is 5.52 Å². The lowest BCUT2D eigenvalue weighted by molar-refractivity contribution is -0.147. The maximum Gasteiger partial charge on any atom is 0.302 e. The number of fused-ring (bicyclic) bond motifs is 1. The van der Waals surface area contributed by atoms with Crippen molar-refractivity contribution in [1.29, 1.82) is 0 Å². The zero-order chi connectivity index (χ0) is 16.7. The molecule has 3 heterocycles. The number of hydrogen-bond acceptors (Lipinski definition) is 9. The SMILES string of the molecule is CC(=O)OC[C@H]1O[C@@H](n2cnc3c(N)nc(Cl)nc32)[C@H](O)[C@@H]1O. The number of rotatable bonds is 3. The van der Waals surface area contributed by atoms with Gasteiger partial charge in [-0.25, -0.2) is 4.98 Å². The van der Waals surface area contributed by atoms with Gasteiger partial charge in [0.25, 0.3) is 0 Å². The monoisotopic (exact) mass is 343 g/mol. The van der Waals surface area contributed by atoms with E-state index in [9.17, 15) is 15.0 Å². The summed E-state index contributed by atoms with van der Waals surface area (Å²) in [5.41, 5.74) is 6.27. The maximum atomic E-state index is 10.9. The predicted molar refractivity (Wildman–Crippen MR) is 77.3 cm³/mol. The normalized spacial score (nSPS) is 27.5. The van der Waals surface area contributed by atoms with Crippen LogP contribution < -0.4 is 5.73 Å². The van der Waals surface area contributed by atoms with Crippen LogP contribution in [-0.4, -0.2) is 60.6 Å². The van der Waals surface area contributed by atoms with Crippen molar-refractivity contribution in [2.75, 3.05) is 12.3 Å². The Kier molecular flexibility index (Phi) is 4.06. The molecule has 0 amide bonds. The Hall–Kier alpha value is -2.01. The topological polar surface area (TPSA) is 146 Å². The number of aliphatic hydroxyl groups is 2. The number of aromatic nitrogens is 4. The molecule has 0 aromatic carbocycles. The van der Waals surface area contributed by atoms with Crippen LogP contribution in [0.4, 0.5) is 5.82 Å². The first-order chi connectivity index (χ1) is 10.9. The molecule has 4 N–H and O–H groups in total. The summed E-state index contributed by atoms with van der Waals surface area (Å²) in [4.78, 5) is 22.7. The van der Waals surface area contributed by atoms with Crippen molar-refractivity contribution in [3.8, 4) is 0 Å². The van der Waals surface area contributed by atoms with E-state index in [1.807, 2.05) is 0 Å². The summed E-state index contributed by atoms with van der Waals surface area (Å²) in [6.45, 7) is 1.05. The number of aliphatic hydroxyl groups excluding tert-OH is 2. The van der Waals surface area contributed by atoms with Crippen LogP contribution in [0.2, 0.25) is 5.28 Å². The highest BCUT2D eigenvalue weighted by Gasteiger charge is 2.44. The number of nitrogens with two attached hydrogens (primary N) is 1. The summed E-state index contributed by atoms with van der Waals surface area (Å²) in [5.74, 6) is -0.428. The van der Waals surface area contributed by atoms with Gasteiger partial charge in [-0.15, -0.1) is 0 Å². The van der Waals surface area contributed by atoms with Gasteiger partial charge in [0, 0.05) is 6.92 Å². The van der Waals surface area contributed by atoms with Gasteiger partial charge in [-0.2, -0.15) is 9.97 Å². The molecule has 124 valence electrons. The molecular weight excluding hydrogens is 330 g/mol. The zero-order valence-corrected chi connectivity index (χ0v) is 12.7. The molecule has 3 rings (SSSR count). The summed E-state index contributed by atoms with van der Waals surface area (Å²) in [6.07, 6.45) is -3.04. The Morgan fingerprint density at radius 1 is 1.48 bits per heavy atom. The molecule has 1 saturated heterocycles. The number of ether oxygens (including phenoxy) is 2. The first-order valence-electron chi connectivity index (χ1n) is 6.69. The molecule has 1 fully saturated rings. The molecule has 0 radical (unpaired) electrons. The first-order valence-corrected chi connectivity index (χ1v) is 7.06. The van der Waals surface area contributed by atoms with Crippen molar-refractivity contribution in [3.63, 3.8) is 0 Å². The summed E-state index contributed by atoms with van der Waals surface area (Å²) >= 11 is 5.78. The number of imidazole rings is 1. The lowest BCUT2D eigenvalue weighted by atomic mass is 10.1. The highest BCUT2D eigenvalue weighted by molar-refractivity contribution is 6.28. The molecule has 2 aromatic heterocycles. The van der Waals surface area contributed by atoms with Gasteiger partial charge in [0.1, 0.15) is 30.4 Å². The van der Waals surface area contributed by atoms with Gasteiger partial charge in [0.15, 0.2) is 17.7 Å². The van der Waals surface area contributed by atoms with Crippen LogP contribution in [0.1, 0.15) is 13.2 Å². The molecule has 0 spiro atoms. The van der Waals surface area contributed by atoms with Crippen molar-refractivity contribution in [2.24, 2.45) is 0 Å². The number of hydrogen-bond donors (Lipinski definition) is 3. The minimum Gasteiger partial charge on any atom is -0.463 e. The van der Waals surface area contributed by atoms with Crippen molar-refractivity contribution >= 4 is 34.6 Å². The molecule has 1 aliphatic heterocycles. The fourth-order valence-corrected chi connectivity index (χ4v) is 2.56. The van der Waals surface area contributed by atoms with E-state index in [0.717, 1.165) is 0 Å². The van der Waals surface area contributed by atoms with Crippen LogP contribution in [0, 0.1) is 0 Å². The fourth-order valence-electron chi connectivity index (χ4n) is 2.39. The number of halogens is 1. The molecule has 2 aromatic rings. The lowest BCUT2D eigenvalue weighted by Crippen LogP contribution is -2.34. The summed E-state index contributed by atoms with van der Waals surface area (Å²) in [5, 5.41) is 20.1. The molecule has 11 heteroatoms. The lowest BCUT2D eigenvalue weighted by Gasteiger charge is -2.16. The molecular formula is C12H14ClN5O5. The summed E-state index contributed by atoms with van der Waals surface area (Å²) in [6, 6.07) is 0. The van der Waals surface area contributed by atoms with Gasteiger partial charge in [-0.1, -0.05) is 0 Å². The fraction of sp³-hybridized carbons (Fsp3) is 0.500. The molecule has 23 heavy (non-hydrogen) atoms. The van der Waals surface area contributed by atoms with E-state index in [1.165, 1.54) is 17.8 Å². The highest BCUT2D eigenvalue weighted by atomic mass is 35.5. The summed E-state index contributed by atoms with van der Waals surface area (Å²) in [7, 11) is 0. The standard InChI is InChI=1S/C12H14ClN5O5/c1-4(19)22-2-5-7(20)8(21)11(23-5)18-3-15-6-9(14)16-12(13)17-10(6)18/h3,5,7-8,11,20-21H,2H2,1H3,(H2,14,16,17)/t5-,7-,8-,11-/m1/s1. The largest absolute Gasteiger partial charge is 0.463 e. The third kappa shape index (κ3) is 2.81. The van der Waals surface area contributed by atoms with Crippen LogP contribution in [0.3, 0.4) is 0 Å². The van der Waals surface area contributed by atoms with E-state index >= 15 is 0 Å². The highest BCUT2D eigenvalue weighted by Crippen LogP contribution is 2.32. The van der Waals surface area contributed by atoms with E-state index in [4.69, 9.17) is 26.8 Å². The average Bonchev–Trinajstić information content (AvgIpc) is 3.00. The number of anilines is 1. The van der Waals surface area contributed by atoms with Crippen LogP contribution in [0.25, 0.3) is 11.2 Å². The van der Waals surface area contributed by atoms with Crippen molar-refractivity contribution < 1.29 is 24.5 Å². The van der Waals surface area contributed by atoms with E-state index < -0.39 is 30.5 Å². The van der Waals surface area contributed by atoms with Gasteiger partial charge >= 0.3 is 5.97 Å². The van der Waals surface area contributed by atoms with Crippen molar-refractivity contribution in [2.45, 2.75) is 31.5 Å². The Labute approximate surface area is 134 Å². The smallest absolute Gasteiger partial charge is 0.302 e. The molecule has 0 saturated carbocycles. The maximum absolute atomic E-state index is 10.9. The van der Waals surface area contributed by atoms with E-state index in [1.54, 1.807) is 0 Å². The minimum absolute atomic E-state index is 0.0822. The van der Waals surface area contributed by atoms with Gasteiger partial charge in [-0.05, 0) is 11.6 Å². The van der Waals surface area contributed by atoms with Crippen LogP contribution in [0.15, 0.2) is 6.33 Å². The Morgan fingerprint density at radius 3 is 2.91 bits per heavy atom. The van der Waals surface area contributed by atoms with Gasteiger partial charge in [-0.3, -0.25) is 9.36 Å². The Bertz CT molecular complexity index is 753. The molecule has 4 atom stereocenters. The predicted octanol–water partition coefficient (Wildman–Crippen LogP) is -0.756. The van der Waals surface area contributed by atoms with Crippen molar-refractivity contribution in [3.05, 3.63) is 11.6 Å². The zero-order valence-electron chi connectivity index (χ0n) is 12.0. The second-order valence-electron chi connectivity index (χ2n) is 5.05. The second-order valence-corrected chi connectivity index (χ2v) is 5.39. The number of nitrogen functional groups attached to an aromatic ring is 1. The third-order valence-electron chi connectivity index (χ3n) is 3.48. The molecule has 10 nitrogen and oxygen atoms in total. The molecule has 0 unspecified atom stereocenters. The van der Waals surface area contributed by atoms with Gasteiger partial charge in [0.2, 0.25) is 5.28 Å². The van der Waals surface area contributed by atoms with E-state index in [-0.39, 0.29) is 23.4 Å². The molecule has 1 aliphatic rings. The summed E-state index contributed by atoms with van der Waals surface area (Å²) < 4.78 is 11.8. The Morgan fingerprint density at radius 2 is 2.22 bits per heavy atom. The number of carbonyl (C=O) groups excluding carboxylic acids is 1. The van der Waals surface area contributed by atoms with Crippen LogP contribution in [0.5, 0.6) is 0 Å². The van der Waals surface area contributed by atoms with Gasteiger partial charge < -0.3 is 25.4 Å². The van der Waals surface area contributed by atoms with Crippen LogP contribution in [-0.2, 0) is 14.3 Å². The van der Waals surface area contributed by atoms with Crippen molar-refractivity contribution in [1.82, 2.24) is 19.5 Å².